The molecule has 1 heterocycles. The Hall–Kier alpha value is -0.450. The molecule has 0 saturated carbocycles. The van der Waals surface area contributed by atoms with Gasteiger partial charge in [-0.3, -0.25) is 0 Å². The summed E-state index contributed by atoms with van der Waals surface area (Å²) in [5.74, 6) is 0. The highest BCUT2D eigenvalue weighted by molar-refractivity contribution is 7.09. The monoisotopic (exact) mass is 186 g/mol. The van der Waals surface area contributed by atoms with Crippen molar-refractivity contribution in [2.24, 2.45) is 5.73 Å². The normalized spacial score (nSPS) is 13.2. The lowest BCUT2D eigenvalue weighted by molar-refractivity contribution is 0.168. The molecular formula is C8H14N2OS. The third-order valence-electron chi connectivity index (χ3n) is 1.77. The molecule has 12 heavy (non-hydrogen) atoms. The van der Waals surface area contributed by atoms with Crippen LogP contribution in [-0.4, -0.2) is 16.6 Å². The van der Waals surface area contributed by atoms with E-state index >= 15 is 0 Å². The van der Waals surface area contributed by atoms with Gasteiger partial charge in [-0.05, 0) is 26.3 Å². The lowest BCUT2D eigenvalue weighted by Gasteiger charge is -2.07. The summed E-state index contributed by atoms with van der Waals surface area (Å²) in [6, 6.07) is 0. The van der Waals surface area contributed by atoms with Gasteiger partial charge in [0.1, 0.15) is 0 Å². The number of hydrogen-bond acceptors (Lipinski definition) is 4. The molecule has 0 aliphatic rings. The molecule has 0 radical (unpaired) electrons. The fourth-order valence-corrected chi connectivity index (χ4v) is 1.90. The minimum absolute atomic E-state index is 0.374. The Labute approximate surface area is 76.3 Å². The molecule has 0 aliphatic carbocycles. The largest absolute Gasteiger partial charge is 0.388 e. The van der Waals surface area contributed by atoms with Crippen LogP contribution in [0.5, 0.6) is 0 Å². The lowest BCUT2D eigenvalue weighted by Crippen LogP contribution is -2.03. The quantitative estimate of drug-likeness (QED) is 0.743. The van der Waals surface area contributed by atoms with Crippen LogP contribution in [0.25, 0.3) is 0 Å². The Bertz CT molecular complexity index is 237. The average molecular weight is 186 g/mol. The molecule has 0 spiro atoms. The van der Waals surface area contributed by atoms with Gasteiger partial charge in [0.25, 0.3) is 0 Å². The Balaban J connectivity index is 2.52. The van der Waals surface area contributed by atoms with E-state index in [0.717, 1.165) is 23.4 Å². The topological polar surface area (TPSA) is 59.1 Å². The van der Waals surface area contributed by atoms with Gasteiger partial charge in [0.05, 0.1) is 22.2 Å². The van der Waals surface area contributed by atoms with Gasteiger partial charge < -0.3 is 10.8 Å². The number of thiazole rings is 1. The number of hydrogen-bond donors (Lipinski definition) is 2. The summed E-state index contributed by atoms with van der Waals surface area (Å²) >= 11 is 1.51. The Morgan fingerprint density at radius 2 is 2.50 bits per heavy atom. The third kappa shape index (κ3) is 2.27. The van der Waals surface area contributed by atoms with E-state index in [4.69, 9.17) is 5.73 Å². The van der Waals surface area contributed by atoms with Gasteiger partial charge in [-0.1, -0.05) is 0 Å². The molecule has 0 amide bonds. The first-order valence-electron chi connectivity index (χ1n) is 4.04. The van der Waals surface area contributed by atoms with E-state index in [-0.39, 0.29) is 6.10 Å². The number of aliphatic hydroxyl groups is 1. The van der Waals surface area contributed by atoms with Crippen LogP contribution in [0.15, 0.2) is 5.51 Å². The van der Waals surface area contributed by atoms with Gasteiger partial charge in [-0.15, -0.1) is 11.3 Å². The van der Waals surface area contributed by atoms with E-state index in [0.29, 0.717) is 6.54 Å². The van der Waals surface area contributed by atoms with Crippen molar-refractivity contribution in [3.8, 4) is 0 Å². The van der Waals surface area contributed by atoms with Crippen molar-refractivity contribution in [2.75, 3.05) is 6.54 Å². The maximum Gasteiger partial charge on any atom is 0.0901 e. The van der Waals surface area contributed by atoms with Crippen LogP contribution in [0.2, 0.25) is 0 Å². The number of rotatable bonds is 4. The van der Waals surface area contributed by atoms with Gasteiger partial charge in [0, 0.05) is 0 Å². The first-order valence-corrected chi connectivity index (χ1v) is 4.91. The van der Waals surface area contributed by atoms with Crippen LogP contribution in [0.4, 0.5) is 0 Å². The van der Waals surface area contributed by atoms with Gasteiger partial charge in [0.15, 0.2) is 0 Å². The van der Waals surface area contributed by atoms with Crippen LogP contribution in [0, 0.1) is 6.92 Å². The Morgan fingerprint density at radius 3 is 3.00 bits per heavy atom. The van der Waals surface area contributed by atoms with Gasteiger partial charge in [-0.2, -0.15) is 0 Å². The van der Waals surface area contributed by atoms with Crippen molar-refractivity contribution in [1.82, 2.24) is 4.98 Å². The number of nitrogens with zero attached hydrogens (tertiary/aromatic N) is 1. The van der Waals surface area contributed by atoms with Gasteiger partial charge in [-0.25, -0.2) is 4.98 Å². The highest BCUT2D eigenvalue weighted by Crippen LogP contribution is 2.24. The van der Waals surface area contributed by atoms with Crippen LogP contribution in [0.3, 0.4) is 0 Å². The van der Waals surface area contributed by atoms with E-state index in [9.17, 15) is 5.11 Å². The average Bonchev–Trinajstić information content (AvgIpc) is 2.47. The van der Waals surface area contributed by atoms with Crippen molar-refractivity contribution in [3.63, 3.8) is 0 Å². The SMILES string of the molecule is Cc1ncsc1C(O)CCCN. The van der Waals surface area contributed by atoms with E-state index in [1.54, 1.807) is 5.51 Å². The van der Waals surface area contributed by atoms with Crippen LogP contribution in [0.1, 0.15) is 29.5 Å². The summed E-state index contributed by atoms with van der Waals surface area (Å²) < 4.78 is 0. The minimum Gasteiger partial charge on any atom is -0.388 e. The highest BCUT2D eigenvalue weighted by atomic mass is 32.1. The number of aliphatic hydroxyl groups excluding tert-OH is 1. The lowest BCUT2D eigenvalue weighted by atomic mass is 10.1. The van der Waals surface area contributed by atoms with E-state index in [1.165, 1.54) is 11.3 Å². The summed E-state index contributed by atoms with van der Waals surface area (Å²) in [5.41, 5.74) is 8.04. The second-order valence-electron chi connectivity index (χ2n) is 2.75. The number of nitrogens with two attached hydrogens (primary N) is 1. The van der Waals surface area contributed by atoms with E-state index in [2.05, 4.69) is 4.98 Å². The molecule has 0 saturated heterocycles. The maximum absolute atomic E-state index is 9.64. The van der Waals surface area contributed by atoms with Crippen LogP contribution in [-0.2, 0) is 0 Å². The summed E-state index contributed by atoms with van der Waals surface area (Å²) in [5, 5.41) is 9.64. The Morgan fingerprint density at radius 1 is 1.75 bits per heavy atom. The first-order chi connectivity index (χ1) is 5.75. The third-order valence-corrected chi connectivity index (χ3v) is 2.80. The summed E-state index contributed by atoms with van der Waals surface area (Å²) in [6.07, 6.45) is 1.22. The zero-order chi connectivity index (χ0) is 8.97. The maximum atomic E-state index is 9.64. The van der Waals surface area contributed by atoms with E-state index < -0.39 is 0 Å². The number of aromatic nitrogens is 1. The molecular weight excluding hydrogens is 172 g/mol. The fourth-order valence-electron chi connectivity index (χ4n) is 1.07. The summed E-state index contributed by atoms with van der Waals surface area (Å²) in [7, 11) is 0. The zero-order valence-electron chi connectivity index (χ0n) is 7.16. The van der Waals surface area contributed by atoms with Gasteiger partial charge in [0.2, 0.25) is 0 Å². The van der Waals surface area contributed by atoms with Crippen molar-refractivity contribution in [1.29, 1.82) is 0 Å². The predicted octanol–water partition coefficient (Wildman–Crippen LogP) is 1.22. The molecule has 3 N–H and O–H groups in total. The molecule has 0 aromatic carbocycles. The standard InChI is InChI=1S/C8H14N2OS/c1-6-8(12-5-10-6)7(11)3-2-4-9/h5,7,11H,2-4,9H2,1H3. The molecule has 0 bridgehead atoms. The van der Waals surface area contributed by atoms with Crippen molar-refractivity contribution >= 4 is 11.3 Å². The van der Waals surface area contributed by atoms with Crippen molar-refractivity contribution in [2.45, 2.75) is 25.9 Å². The second kappa shape index (κ2) is 4.54. The molecule has 1 aromatic heterocycles. The second-order valence-corrected chi connectivity index (χ2v) is 3.64. The molecule has 3 nitrogen and oxygen atoms in total. The zero-order valence-corrected chi connectivity index (χ0v) is 7.97. The van der Waals surface area contributed by atoms with Crippen molar-refractivity contribution < 1.29 is 5.11 Å². The number of aryl methyl sites for hydroxylation is 1. The predicted molar refractivity (Wildman–Crippen MR) is 50.1 cm³/mol. The highest BCUT2D eigenvalue weighted by Gasteiger charge is 2.11. The molecule has 1 unspecified atom stereocenters. The van der Waals surface area contributed by atoms with Crippen molar-refractivity contribution in [3.05, 3.63) is 16.1 Å². The first kappa shape index (κ1) is 9.64. The fraction of sp³-hybridized carbons (Fsp3) is 0.625. The molecule has 0 fully saturated rings. The van der Waals surface area contributed by atoms with Crippen LogP contribution < -0.4 is 5.73 Å². The molecule has 1 atom stereocenters. The van der Waals surface area contributed by atoms with Gasteiger partial charge >= 0.3 is 0 Å². The van der Waals surface area contributed by atoms with Crippen LogP contribution >= 0.6 is 11.3 Å². The minimum atomic E-state index is -0.374. The summed E-state index contributed by atoms with van der Waals surface area (Å²) in [6.45, 7) is 2.55. The summed E-state index contributed by atoms with van der Waals surface area (Å²) in [4.78, 5) is 5.05. The molecule has 1 rings (SSSR count). The molecule has 1 aromatic rings. The van der Waals surface area contributed by atoms with E-state index in [1.807, 2.05) is 6.92 Å². The molecule has 0 aliphatic heterocycles. The Kier molecular flexibility index (Phi) is 3.65. The molecule has 4 heteroatoms. The molecule has 68 valence electrons. The smallest absolute Gasteiger partial charge is 0.0901 e.